The topological polar surface area (TPSA) is 92.3 Å². The lowest BCUT2D eigenvalue weighted by molar-refractivity contribution is 0.306. The van der Waals surface area contributed by atoms with Crippen LogP contribution in [-0.4, -0.2) is 21.4 Å². The molecule has 132 valence electrons. The molecule has 7 heteroatoms. The summed E-state index contributed by atoms with van der Waals surface area (Å²) in [6.45, 7) is 4.28. The van der Waals surface area contributed by atoms with E-state index >= 15 is 0 Å². The van der Waals surface area contributed by atoms with Crippen LogP contribution < -0.4 is 15.9 Å². The van der Waals surface area contributed by atoms with Crippen LogP contribution in [0.3, 0.4) is 0 Å². The van der Waals surface area contributed by atoms with Crippen molar-refractivity contribution >= 4 is 12.0 Å². The molecule has 3 aromatic rings. The van der Waals surface area contributed by atoms with Crippen molar-refractivity contribution in [1.29, 1.82) is 0 Å². The third kappa shape index (κ3) is 4.76. The van der Waals surface area contributed by atoms with Gasteiger partial charge in [-0.15, -0.1) is 0 Å². The molecule has 7 nitrogen and oxygen atoms in total. The number of hydrazone groups is 1. The van der Waals surface area contributed by atoms with Crippen LogP contribution >= 0.6 is 0 Å². The van der Waals surface area contributed by atoms with Gasteiger partial charge in [-0.05, 0) is 37.1 Å². The normalized spacial score (nSPS) is 10.8. The fourth-order valence-electron chi connectivity index (χ4n) is 2.20. The number of ether oxygens (including phenoxy) is 1. The fourth-order valence-corrected chi connectivity index (χ4v) is 2.20. The first kappa shape index (κ1) is 17.3. The minimum Gasteiger partial charge on any atom is -0.489 e. The molecule has 0 aliphatic heterocycles. The van der Waals surface area contributed by atoms with Gasteiger partial charge in [0.15, 0.2) is 5.82 Å². The molecular formula is C19H19N5O2. The summed E-state index contributed by atoms with van der Waals surface area (Å²) in [5, 5.41) is 10.2. The van der Waals surface area contributed by atoms with Gasteiger partial charge in [0.1, 0.15) is 18.1 Å². The van der Waals surface area contributed by atoms with Crippen LogP contribution in [0.5, 0.6) is 5.75 Å². The van der Waals surface area contributed by atoms with Gasteiger partial charge in [0.05, 0.1) is 6.21 Å². The summed E-state index contributed by atoms with van der Waals surface area (Å²) in [6, 6.07) is 15.8. The molecule has 1 heterocycles. The van der Waals surface area contributed by atoms with Gasteiger partial charge < -0.3 is 4.74 Å². The van der Waals surface area contributed by atoms with Crippen LogP contribution in [0.15, 0.2) is 58.4 Å². The van der Waals surface area contributed by atoms with Crippen LogP contribution in [0.1, 0.15) is 22.4 Å². The van der Waals surface area contributed by atoms with Crippen LogP contribution in [0.25, 0.3) is 0 Å². The summed E-state index contributed by atoms with van der Waals surface area (Å²) >= 11 is 0. The summed E-state index contributed by atoms with van der Waals surface area (Å²) in [4.78, 5) is 15.0. The fraction of sp³-hybridized carbons (Fsp3) is 0.158. The standard InChI is InChI=1S/C19H19N5O2/c1-13-6-8-15(9-7-13)12-26-17-5-3-4-16(10-17)11-20-23-18-14(2)22-24-19(25)21-18/h3-11H,12H2,1-2H3,(H2,21,23,24,25)/b20-11-. The number of aromatic nitrogens is 3. The quantitative estimate of drug-likeness (QED) is 0.527. The van der Waals surface area contributed by atoms with E-state index in [0.29, 0.717) is 18.1 Å². The monoisotopic (exact) mass is 349 g/mol. The predicted molar refractivity (Wildman–Crippen MR) is 101 cm³/mol. The van der Waals surface area contributed by atoms with Crippen molar-refractivity contribution in [3.8, 4) is 5.75 Å². The van der Waals surface area contributed by atoms with Crippen molar-refractivity contribution in [2.24, 2.45) is 5.10 Å². The summed E-state index contributed by atoms with van der Waals surface area (Å²) in [5.74, 6) is 1.07. The Morgan fingerprint density at radius 2 is 2.00 bits per heavy atom. The molecule has 0 radical (unpaired) electrons. The first-order valence-corrected chi connectivity index (χ1v) is 8.11. The van der Waals surface area contributed by atoms with Gasteiger partial charge in [-0.1, -0.05) is 42.0 Å². The SMILES string of the molecule is Cc1ccc(COc2cccc(/C=N\Nc3nc(=O)[nH]nc3C)c2)cc1. The number of aromatic amines is 1. The zero-order chi connectivity index (χ0) is 18.4. The van der Waals surface area contributed by atoms with Gasteiger partial charge >= 0.3 is 5.69 Å². The summed E-state index contributed by atoms with van der Waals surface area (Å²) in [7, 11) is 0. The molecule has 0 bridgehead atoms. The second-order valence-corrected chi connectivity index (χ2v) is 5.79. The number of benzene rings is 2. The van der Waals surface area contributed by atoms with Crippen molar-refractivity contribution in [2.45, 2.75) is 20.5 Å². The van der Waals surface area contributed by atoms with Crippen molar-refractivity contribution in [1.82, 2.24) is 15.2 Å². The highest BCUT2D eigenvalue weighted by atomic mass is 16.5. The van der Waals surface area contributed by atoms with Crippen molar-refractivity contribution in [3.05, 3.63) is 81.4 Å². The molecule has 2 N–H and O–H groups in total. The predicted octanol–water partition coefficient (Wildman–Crippen LogP) is 2.81. The summed E-state index contributed by atoms with van der Waals surface area (Å²) in [6.07, 6.45) is 1.63. The second-order valence-electron chi connectivity index (χ2n) is 5.79. The van der Waals surface area contributed by atoms with E-state index in [1.54, 1.807) is 13.1 Å². The van der Waals surface area contributed by atoms with E-state index in [0.717, 1.165) is 16.9 Å². The highest BCUT2D eigenvalue weighted by Crippen LogP contribution is 2.15. The van der Waals surface area contributed by atoms with Gasteiger partial charge in [0, 0.05) is 0 Å². The second kappa shape index (κ2) is 8.06. The Balaban J connectivity index is 1.62. The third-order valence-corrected chi connectivity index (χ3v) is 3.64. The zero-order valence-corrected chi connectivity index (χ0v) is 14.6. The molecule has 0 unspecified atom stereocenters. The van der Waals surface area contributed by atoms with E-state index in [1.165, 1.54) is 5.56 Å². The average molecular weight is 349 g/mol. The van der Waals surface area contributed by atoms with Crippen LogP contribution in [0.4, 0.5) is 5.82 Å². The van der Waals surface area contributed by atoms with E-state index in [9.17, 15) is 4.79 Å². The number of aryl methyl sites for hydroxylation is 2. The smallest absolute Gasteiger partial charge is 0.363 e. The van der Waals surface area contributed by atoms with Gasteiger partial charge in [-0.25, -0.2) is 9.89 Å². The molecule has 26 heavy (non-hydrogen) atoms. The third-order valence-electron chi connectivity index (χ3n) is 3.64. The largest absolute Gasteiger partial charge is 0.489 e. The van der Waals surface area contributed by atoms with Crippen LogP contribution in [0.2, 0.25) is 0 Å². The Kier molecular flexibility index (Phi) is 5.38. The number of rotatable bonds is 6. The molecule has 0 fully saturated rings. The van der Waals surface area contributed by atoms with E-state index in [2.05, 4.69) is 56.9 Å². The number of hydrogen-bond donors (Lipinski definition) is 2. The Bertz CT molecular complexity index is 964. The maximum Gasteiger partial charge on any atom is 0.363 e. The van der Waals surface area contributed by atoms with Crippen LogP contribution in [0, 0.1) is 13.8 Å². The van der Waals surface area contributed by atoms with Gasteiger partial charge in [-0.2, -0.15) is 15.2 Å². The van der Waals surface area contributed by atoms with E-state index < -0.39 is 5.69 Å². The summed E-state index contributed by atoms with van der Waals surface area (Å²) in [5.41, 5.74) is 5.93. The summed E-state index contributed by atoms with van der Waals surface area (Å²) < 4.78 is 5.82. The molecule has 0 amide bonds. The first-order chi connectivity index (χ1) is 12.6. The van der Waals surface area contributed by atoms with E-state index in [-0.39, 0.29) is 0 Å². The Hall–Kier alpha value is -3.48. The molecule has 1 aromatic heterocycles. The molecule has 2 aromatic carbocycles. The lowest BCUT2D eigenvalue weighted by Gasteiger charge is -2.07. The molecule has 0 spiro atoms. The average Bonchev–Trinajstić information content (AvgIpc) is 2.64. The lowest BCUT2D eigenvalue weighted by Crippen LogP contribution is -2.15. The van der Waals surface area contributed by atoms with Gasteiger partial charge in [0.2, 0.25) is 0 Å². The van der Waals surface area contributed by atoms with Crippen molar-refractivity contribution in [3.63, 3.8) is 0 Å². The molecule has 0 aliphatic rings. The lowest BCUT2D eigenvalue weighted by atomic mass is 10.2. The van der Waals surface area contributed by atoms with Crippen molar-refractivity contribution in [2.75, 3.05) is 5.43 Å². The number of hydrogen-bond acceptors (Lipinski definition) is 6. The van der Waals surface area contributed by atoms with E-state index in [1.807, 2.05) is 24.3 Å². The minimum absolute atomic E-state index is 0.316. The number of nitrogens with zero attached hydrogens (tertiary/aromatic N) is 3. The number of anilines is 1. The molecule has 0 atom stereocenters. The van der Waals surface area contributed by atoms with Crippen LogP contribution in [-0.2, 0) is 6.61 Å². The maximum atomic E-state index is 11.2. The number of H-pyrrole nitrogens is 1. The minimum atomic E-state index is -0.528. The molecule has 0 saturated heterocycles. The van der Waals surface area contributed by atoms with Crippen molar-refractivity contribution < 1.29 is 4.74 Å². The molecule has 0 aliphatic carbocycles. The Morgan fingerprint density at radius 1 is 1.19 bits per heavy atom. The van der Waals surface area contributed by atoms with E-state index in [4.69, 9.17) is 4.74 Å². The molecular weight excluding hydrogens is 330 g/mol. The first-order valence-electron chi connectivity index (χ1n) is 8.11. The number of nitrogens with one attached hydrogen (secondary N) is 2. The Labute approximate surface area is 150 Å². The highest BCUT2D eigenvalue weighted by molar-refractivity contribution is 5.80. The maximum absolute atomic E-state index is 11.2. The molecule has 3 rings (SSSR count). The van der Waals surface area contributed by atoms with Gasteiger partial charge in [-0.3, -0.25) is 5.43 Å². The Morgan fingerprint density at radius 3 is 2.81 bits per heavy atom. The molecule has 0 saturated carbocycles. The zero-order valence-electron chi connectivity index (χ0n) is 14.6. The van der Waals surface area contributed by atoms with Gasteiger partial charge in [0.25, 0.3) is 0 Å². The highest BCUT2D eigenvalue weighted by Gasteiger charge is 2.01.